The molecule has 8 nitrogen and oxygen atoms in total. The van der Waals surface area contributed by atoms with Crippen LogP contribution in [0.2, 0.25) is 0 Å². The summed E-state index contributed by atoms with van der Waals surface area (Å²) in [6.45, 7) is 5.43. The Morgan fingerprint density at radius 1 is 1.23 bits per heavy atom. The number of carbonyl (C=O) groups is 1. The van der Waals surface area contributed by atoms with Crippen molar-refractivity contribution in [2.75, 3.05) is 18.9 Å². The van der Waals surface area contributed by atoms with Crippen molar-refractivity contribution in [1.82, 2.24) is 24.5 Å². The molecule has 162 valence electrons. The summed E-state index contributed by atoms with van der Waals surface area (Å²) in [5, 5.41) is 13.9. The molecule has 3 heterocycles. The van der Waals surface area contributed by atoms with E-state index in [9.17, 15) is 9.59 Å². The first-order valence-corrected chi connectivity index (χ1v) is 12.0. The predicted octanol–water partition coefficient (Wildman–Crippen LogP) is 3.17. The summed E-state index contributed by atoms with van der Waals surface area (Å²) in [7, 11) is 0. The molecule has 1 N–H and O–H groups in total. The largest absolute Gasteiger partial charge is 0.494 e. The normalized spacial score (nSPS) is 11.3. The molecule has 0 radical (unpaired) electrons. The van der Waals surface area contributed by atoms with Crippen molar-refractivity contribution in [3.8, 4) is 5.75 Å². The number of hydrogen-bond acceptors (Lipinski definition) is 7. The van der Waals surface area contributed by atoms with Gasteiger partial charge in [-0.15, -0.1) is 21.5 Å². The topological polar surface area (TPSA) is 90.5 Å². The van der Waals surface area contributed by atoms with Crippen molar-refractivity contribution < 1.29 is 9.53 Å². The van der Waals surface area contributed by atoms with Gasteiger partial charge in [0, 0.05) is 12.1 Å². The Hall–Kier alpha value is -2.85. The van der Waals surface area contributed by atoms with Crippen LogP contribution < -0.4 is 15.6 Å². The standard InChI is InChI=1S/C21H23N5O3S2/c1-3-10-22-17(27)13-31-21-24-23-20-25(12-14-7-5-6-8-16(14)29-4-2)19(28)18-15(26(20)21)9-11-30-18/h5-9,11H,3-4,10,12-13H2,1-2H3,(H,22,27). The minimum absolute atomic E-state index is 0.0517. The van der Waals surface area contributed by atoms with Crippen LogP contribution in [0, 0.1) is 0 Å². The Kier molecular flexibility index (Phi) is 6.57. The number of nitrogens with zero attached hydrogens (tertiary/aromatic N) is 4. The molecular weight excluding hydrogens is 434 g/mol. The first-order valence-electron chi connectivity index (χ1n) is 10.1. The van der Waals surface area contributed by atoms with Crippen molar-refractivity contribution in [2.45, 2.75) is 32.0 Å². The quantitative estimate of drug-likeness (QED) is 0.388. The van der Waals surface area contributed by atoms with Crippen LogP contribution in [0.5, 0.6) is 5.75 Å². The summed E-state index contributed by atoms with van der Waals surface area (Å²) in [6, 6.07) is 9.55. The van der Waals surface area contributed by atoms with E-state index >= 15 is 0 Å². The molecule has 0 aliphatic carbocycles. The van der Waals surface area contributed by atoms with Crippen molar-refractivity contribution >= 4 is 45.0 Å². The summed E-state index contributed by atoms with van der Waals surface area (Å²) >= 11 is 2.69. The lowest BCUT2D eigenvalue weighted by Crippen LogP contribution is -2.26. The van der Waals surface area contributed by atoms with Crippen LogP contribution in [0.25, 0.3) is 16.0 Å². The summed E-state index contributed by atoms with van der Waals surface area (Å²) in [4.78, 5) is 25.3. The number of rotatable bonds is 9. The van der Waals surface area contributed by atoms with E-state index in [0.717, 1.165) is 23.3 Å². The van der Waals surface area contributed by atoms with Gasteiger partial charge in [0.1, 0.15) is 10.4 Å². The zero-order valence-corrected chi connectivity index (χ0v) is 19.0. The van der Waals surface area contributed by atoms with Crippen LogP contribution in [0.15, 0.2) is 45.7 Å². The highest BCUT2D eigenvalue weighted by atomic mass is 32.2. The molecule has 10 heteroatoms. The van der Waals surface area contributed by atoms with Crippen molar-refractivity contribution in [3.05, 3.63) is 51.6 Å². The average Bonchev–Trinajstić information content (AvgIpc) is 3.42. The van der Waals surface area contributed by atoms with Gasteiger partial charge in [-0.25, -0.2) is 0 Å². The number of ether oxygens (including phenoxy) is 1. The first kappa shape index (κ1) is 21.4. The number of thiophene rings is 1. The van der Waals surface area contributed by atoms with E-state index in [-0.39, 0.29) is 17.2 Å². The maximum atomic E-state index is 13.3. The average molecular weight is 458 g/mol. The lowest BCUT2D eigenvalue weighted by molar-refractivity contribution is -0.118. The Labute approximate surface area is 187 Å². The molecule has 0 spiro atoms. The lowest BCUT2D eigenvalue weighted by Gasteiger charge is -2.13. The summed E-state index contributed by atoms with van der Waals surface area (Å²) < 4.78 is 9.83. The Morgan fingerprint density at radius 3 is 2.87 bits per heavy atom. The maximum absolute atomic E-state index is 13.3. The minimum Gasteiger partial charge on any atom is -0.494 e. The second-order valence-electron chi connectivity index (χ2n) is 6.82. The van der Waals surface area contributed by atoms with E-state index in [1.54, 1.807) is 4.57 Å². The van der Waals surface area contributed by atoms with E-state index in [2.05, 4.69) is 15.5 Å². The fourth-order valence-corrected chi connectivity index (χ4v) is 4.88. The number of para-hydroxylation sites is 1. The summed E-state index contributed by atoms with van der Waals surface area (Å²) in [6.07, 6.45) is 0.884. The number of benzene rings is 1. The molecule has 0 saturated carbocycles. The molecular formula is C21H23N5O3S2. The minimum atomic E-state index is -0.117. The molecule has 0 aliphatic heterocycles. The molecule has 0 unspecified atom stereocenters. The Bertz CT molecular complexity index is 1280. The van der Waals surface area contributed by atoms with E-state index in [1.165, 1.54) is 23.1 Å². The Balaban J connectivity index is 1.76. The van der Waals surface area contributed by atoms with Crippen molar-refractivity contribution in [1.29, 1.82) is 0 Å². The number of thioether (sulfide) groups is 1. The van der Waals surface area contributed by atoms with Crippen LogP contribution in [0.1, 0.15) is 25.8 Å². The van der Waals surface area contributed by atoms with Gasteiger partial charge in [0.15, 0.2) is 5.16 Å². The highest BCUT2D eigenvalue weighted by Gasteiger charge is 2.19. The smallest absolute Gasteiger partial charge is 0.273 e. The zero-order chi connectivity index (χ0) is 21.8. The molecule has 1 aromatic carbocycles. The van der Waals surface area contributed by atoms with E-state index in [4.69, 9.17) is 4.74 Å². The monoisotopic (exact) mass is 457 g/mol. The fourth-order valence-electron chi connectivity index (χ4n) is 3.28. The molecule has 3 aromatic heterocycles. The van der Waals surface area contributed by atoms with Crippen LogP contribution in [-0.2, 0) is 11.3 Å². The van der Waals surface area contributed by atoms with Gasteiger partial charge < -0.3 is 10.1 Å². The van der Waals surface area contributed by atoms with Gasteiger partial charge in [-0.1, -0.05) is 36.9 Å². The molecule has 0 bridgehead atoms. The van der Waals surface area contributed by atoms with Gasteiger partial charge >= 0.3 is 0 Å². The second kappa shape index (κ2) is 9.52. The van der Waals surface area contributed by atoms with Gasteiger partial charge in [-0.05, 0) is 30.9 Å². The number of aromatic nitrogens is 4. The Morgan fingerprint density at radius 2 is 2.06 bits per heavy atom. The highest BCUT2D eigenvalue weighted by molar-refractivity contribution is 7.99. The third-order valence-electron chi connectivity index (χ3n) is 4.69. The van der Waals surface area contributed by atoms with E-state index in [1.807, 2.05) is 54.0 Å². The molecule has 0 atom stereocenters. The number of amides is 1. The van der Waals surface area contributed by atoms with Crippen LogP contribution >= 0.6 is 23.1 Å². The van der Waals surface area contributed by atoms with Crippen molar-refractivity contribution in [2.24, 2.45) is 0 Å². The van der Waals surface area contributed by atoms with E-state index in [0.29, 0.717) is 35.3 Å². The SMILES string of the molecule is CCCNC(=O)CSc1nnc2n(Cc3ccccc3OCC)c(=O)c3sccc3n12. The van der Waals surface area contributed by atoms with Crippen LogP contribution in [0.3, 0.4) is 0 Å². The predicted molar refractivity (Wildman–Crippen MR) is 123 cm³/mol. The van der Waals surface area contributed by atoms with Gasteiger partial charge in [0.2, 0.25) is 11.7 Å². The number of nitrogens with one attached hydrogen (secondary N) is 1. The van der Waals surface area contributed by atoms with Gasteiger partial charge in [-0.3, -0.25) is 18.6 Å². The molecule has 0 saturated heterocycles. The highest BCUT2D eigenvalue weighted by Crippen LogP contribution is 2.26. The molecule has 0 fully saturated rings. The van der Waals surface area contributed by atoms with Gasteiger partial charge in [-0.2, -0.15) is 0 Å². The third-order valence-corrected chi connectivity index (χ3v) is 6.51. The lowest BCUT2D eigenvalue weighted by atomic mass is 10.2. The molecule has 31 heavy (non-hydrogen) atoms. The molecule has 4 rings (SSSR count). The van der Waals surface area contributed by atoms with Gasteiger partial charge in [0.25, 0.3) is 5.56 Å². The maximum Gasteiger partial charge on any atom is 0.273 e. The zero-order valence-electron chi connectivity index (χ0n) is 17.3. The summed E-state index contributed by atoms with van der Waals surface area (Å²) in [5.74, 6) is 1.37. The number of fused-ring (bicyclic) bond motifs is 3. The molecule has 1 amide bonds. The fraction of sp³-hybridized carbons (Fsp3) is 0.333. The second-order valence-corrected chi connectivity index (χ2v) is 8.68. The number of carbonyl (C=O) groups excluding carboxylic acids is 1. The molecule has 4 aromatic rings. The first-order chi connectivity index (χ1) is 15.1. The van der Waals surface area contributed by atoms with Crippen LogP contribution in [0.4, 0.5) is 0 Å². The molecule has 0 aliphatic rings. The van der Waals surface area contributed by atoms with Gasteiger partial charge in [0.05, 0.1) is 24.4 Å². The van der Waals surface area contributed by atoms with E-state index < -0.39 is 0 Å². The summed E-state index contributed by atoms with van der Waals surface area (Å²) in [5.41, 5.74) is 1.52. The van der Waals surface area contributed by atoms with Crippen molar-refractivity contribution in [3.63, 3.8) is 0 Å². The third kappa shape index (κ3) is 4.31. The van der Waals surface area contributed by atoms with Crippen LogP contribution in [-0.4, -0.2) is 44.0 Å². The number of hydrogen-bond donors (Lipinski definition) is 1.